The highest BCUT2D eigenvalue weighted by Crippen LogP contribution is 2.20. The Labute approximate surface area is 77.2 Å². The number of para-hydroxylation sites is 1. The largest absolute Gasteiger partial charge is 0.508 e. The van der Waals surface area contributed by atoms with Crippen LogP contribution in [0.2, 0.25) is 0 Å². The minimum Gasteiger partial charge on any atom is -0.508 e. The van der Waals surface area contributed by atoms with Crippen molar-refractivity contribution in [3.63, 3.8) is 0 Å². The molecule has 0 amide bonds. The maximum absolute atomic E-state index is 9.22. The van der Waals surface area contributed by atoms with Gasteiger partial charge in [0.2, 0.25) is 0 Å². The average Bonchev–Trinajstić information content (AvgIpc) is 2.04. The highest BCUT2D eigenvalue weighted by Gasteiger charge is 2.07. The van der Waals surface area contributed by atoms with Gasteiger partial charge in [-0.05, 0) is 6.07 Å². The van der Waals surface area contributed by atoms with E-state index in [1.54, 1.807) is 24.3 Å². The van der Waals surface area contributed by atoms with Gasteiger partial charge in [-0.3, -0.25) is 0 Å². The number of halogens is 1. The first-order chi connectivity index (χ1) is 5.25. The molecule has 0 saturated heterocycles. The Hall–Kier alpha value is -0.770. The van der Waals surface area contributed by atoms with E-state index in [-0.39, 0.29) is 24.8 Å². The fourth-order valence-electron chi connectivity index (χ4n) is 0.899. The van der Waals surface area contributed by atoms with Crippen LogP contribution in [-0.4, -0.2) is 16.8 Å². The molecule has 1 aromatic carbocycles. The smallest absolute Gasteiger partial charge is 0.120 e. The van der Waals surface area contributed by atoms with E-state index in [0.717, 1.165) is 0 Å². The summed E-state index contributed by atoms with van der Waals surface area (Å²) in [6.07, 6.45) is 0. The second kappa shape index (κ2) is 4.98. The van der Waals surface area contributed by atoms with Crippen molar-refractivity contribution in [1.29, 1.82) is 0 Å². The summed E-state index contributed by atoms with van der Waals surface area (Å²) in [5.74, 6) is 0.133. The Bertz CT molecular complexity index is 242. The third-order valence-electron chi connectivity index (χ3n) is 1.53. The number of benzene rings is 1. The van der Waals surface area contributed by atoms with Crippen LogP contribution in [0.1, 0.15) is 11.6 Å². The minimum atomic E-state index is -0.490. The van der Waals surface area contributed by atoms with Crippen LogP contribution in [-0.2, 0) is 0 Å². The number of phenolic OH excluding ortho intramolecular Hbond substituents is 1. The molecule has 4 heteroatoms. The molecule has 1 rings (SSSR count). The fourth-order valence-corrected chi connectivity index (χ4v) is 0.899. The average molecular weight is 190 g/mol. The van der Waals surface area contributed by atoms with Gasteiger partial charge < -0.3 is 15.9 Å². The normalized spacial score (nSPS) is 11.8. The standard InChI is InChI=1S/C8H11NO2.ClH/c9-7(5-10)6-3-1-2-4-8(6)11;/h1-4,7,10-11H,5,9H2;1H/t7-;/m0./s1. The lowest BCUT2D eigenvalue weighted by molar-refractivity contribution is 0.265. The number of phenols is 1. The zero-order valence-electron chi connectivity index (χ0n) is 6.47. The lowest BCUT2D eigenvalue weighted by Gasteiger charge is -2.09. The van der Waals surface area contributed by atoms with Gasteiger partial charge in [-0.1, -0.05) is 18.2 Å². The van der Waals surface area contributed by atoms with E-state index < -0.39 is 6.04 Å². The molecule has 0 aliphatic heterocycles. The van der Waals surface area contributed by atoms with Crippen molar-refractivity contribution in [2.24, 2.45) is 5.73 Å². The van der Waals surface area contributed by atoms with Crippen LogP contribution in [0, 0.1) is 0 Å². The fraction of sp³-hybridized carbons (Fsp3) is 0.250. The van der Waals surface area contributed by atoms with Crippen molar-refractivity contribution in [2.75, 3.05) is 6.61 Å². The molecule has 0 aliphatic rings. The second-order valence-corrected chi connectivity index (χ2v) is 2.35. The molecular formula is C8H12ClNO2. The van der Waals surface area contributed by atoms with Crippen molar-refractivity contribution in [3.8, 4) is 5.75 Å². The quantitative estimate of drug-likeness (QED) is 0.645. The summed E-state index contributed by atoms with van der Waals surface area (Å²) in [4.78, 5) is 0. The first-order valence-corrected chi connectivity index (χ1v) is 3.40. The molecule has 0 aliphatic carbocycles. The summed E-state index contributed by atoms with van der Waals surface area (Å²) in [7, 11) is 0. The molecule has 0 spiro atoms. The molecule has 0 bridgehead atoms. The number of nitrogens with two attached hydrogens (primary N) is 1. The molecule has 0 fully saturated rings. The van der Waals surface area contributed by atoms with Crippen molar-refractivity contribution in [1.82, 2.24) is 0 Å². The Morgan fingerprint density at radius 2 is 1.92 bits per heavy atom. The van der Waals surface area contributed by atoms with Crippen molar-refractivity contribution in [3.05, 3.63) is 29.8 Å². The highest BCUT2D eigenvalue weighted by molar-refractivity contribution is 5.85. The van der Waals surface area contributed by atoms with Gasteiger partial charge in [0.05, 0.1) is 12.6 Å². The van der Waals surface area contributed by atoms with E-state index in [0.29, 0.717) is 5.56 Å². The first kappa shape index (κ1) is 11.2. The van der Waals surface area contributed by atoms with Gasteiger partial charge in [-0.2, -0.15) is 0 Å². The van der Waals surface area contributed by atoms with Crippen LogP contribution in [0.15, 0.2) is 24.3 Å². The van der Waals surface area contributed by atoms with E-state index in [1.165, 1.54) is 0 Å². The number of rotatable bonds is 2. The maximum atomic E-state index is 9.22. The van der Waals surface area contributed by atoms with E-state index in [4.69, 9.17) is 10.8 Å². The van der Waals surface area contributed by atoms with Crippen molar-refractivity contribution < 1.29 is 10.2 Å². The number of aliphatic hydroxyl groups excluding tert-OH is 1. The van der Waals surface area contributed by atoms with E-state index in [9.17, 15) is 5.11 Å². The summed E-state index contributed by atoms with van der Waals surface area (Å²) in [5.41, 5.74) is 6.06. The van der Waals surface area contributed by atoms with Gasteiger partial charge in [-0.15, -0.1) is 12.4 Å². The summed E-state index contributed by atoms with van der Waals surface area (Å²) in [5, 5.41) is 17.9. The summed E-state index contributed by atoms with van der Waals surface area (Å²) < 4.78 is 0. The Morgan fingerprint density at radius 3 is 2.42 bits per heavy atom. The number of hydrogen-bond donors (Lipinski definition) is 3. The molecule has 1 atom stereocenters. The number of aromatic hydroxyl groups is 1. The Morgan fingerprint density at radius 1 is 1.33 bits per heavy atom. The predicted octanol–water partition coefficient (Wildman–Crippen LogP) is 0.806. The minimum absolute atomic E-state index is 0. The monoisotopic (exact) mass is 189 g/mol. The molecule has 0 aromatic heterocycles. The SMILES string of the molecule is Cl.N[C@@H](CO)c1ccccc1O. The molecule has 4 N–H and O–H groups in total. The molecule has 0 saturated carbocycles. The van der Waals surface area contributed by atoms with Gasteiger partial charge >= 0.3 is 0 Å². The molecule has 3 nitrogen and oxygen atoms in total. The third-order valence-corrected chi connectivity index (χ3v) is 1.53. The third kappa shape index (κ3) is 2.37. The second-order valence-electron chi connectivity index (χ2n) is 2.35. The number of hydrogen-bond acceptors (Lipinski definition) is 3. The van der Waals surface area contributed by atoms with Crippen LogP contribution in [0.4, 0.5) is 0 Å². The Balaban J connectivity index is 0.00000121. The molecule has 0 heterocycles. The predicted molar refractivity (Wildman–Crippen MR) is 49.4 cm³/mol. The van der Waals surface area contributed by atoms with Crippen LogP contribution >= 0.6 is 12.4 Å². The van der Waals surface area contributed by atoms with Crippen LogP contribution in [0.25, 0.3) is 0 Å². The van der Waals surface area contributed by atoms with Crippen LogP contribution in [0.5, 0.6) is 5.75 Å². The van der Waals surface area contributed by atoms with Gasteiger partial charge in [0, 0.05) is 5.56 Å². The topological polar surface area (TPSA) is 66.5 Å². The van der Waals surface area contributed by atoms with E-state index in [1.807, 2.05) is 0 Å². The van der Waals surface area contributed by atoms with Crippen LogP contribution < -0.4 is 5.73 Å². The molecular weight excluding hydrogens is 178 g/mol. The zero-order chi connectivity index (χ0) is 8.27. The molecule has 12 heavy (non-hydrogen) atoms. The highest BCUT2D eigenvalue weighted by atomic mass is 35.5. The van der Waals surface area contributed by atoms with Crippen molar-refractivity contribution >= 4 is 12.4 Å². The first-order valence-electron chi connectivity index (χ1n) is 3.40. The summed E-state index contributed by atoms with van der Waals surface area (Å²) >= 11 is 0. The molecule has 68 valence electrons. The maximum Gasteiger partial charge on any atom is 0.120 e. The van der Waals surface area contributed by atoms with E-state index >= 15 is 0 Å². The van der Waals surface area contributed by atoms with Gasteiger partial charge in [0.25, 0.3) is 0 Å². The zero-order valence-corrected chi connectivity index (χ0v) is 7.29. The van der Waals surface area contributed by atoms with E-state index in [2.05, 4.69) is 0 Å². The molecule has 0 unspecified atom stereocenters. The Kier molecular flexibility index (Phi) is 4.66. The van der Waals surface area contributed by atoms with Gasteiger partial charge in [0.1, 0.15) is 5.75 Å². The summed E-state index contributed by atoms with van der Waals surface area (Å²) in [6, 6.07) is 6.23. The molecule has 0 radical (unpaired) electrons. The lowest BCUT2D eigenvalue weighted by atomic mass is 10.1. The van der Waals surface area contributed by atoms with Gasteiger partial charge in [-0.25, -0.2) is 0 Å². The molecule has 1 aromatic rings. The van der Waals surface area contributed by atoms with Gasteiger partial charge in [0.15, 0.2) is 0 Å². The summed E-state index contributed by atoms with van der Waals surface area (Å²) in [6.45, 7) is -0.155. The van der Waals surface area contributed by atoms with Crippen LogP contribution in [0.3, 0.4) is 0 Å². The number of aliphatic hydroxyl groups is 1. The lowest BCUT2D eigenvalue weighted by Crippen LogP contribution is -2.14. The van der Waals surface area contributed by atoms with Crippen molar-refractivity contribution in [2.45, 2.75) is 6.04 Å².